The predicted octanol–water partition coefficient (Wildman–Crippen LogP) is 0.962. The second kappa shape index (κ2) is 5.04. The van der Waals surface area contributed by atoms with E-state index in [0.717, 1.165) is 0 Å². The van der Waals surface area contributed by atoms with Crippen molar-refractivity contribution in [3.8, 4) is 0 Å². The summed E-state index contributed by atoms with van der Waals surface area (Å²) in [5, 5.41) is 0. The van der Waals surface area contributed by atoms with Gasteiger partial charge >= 0.3 is 5.97 Å². The van der Waals surface area contributed by atoms with Crippen LogP contribution in [0.3, 0.4) is 0 Å². The Hall–Kier alpha value is -0.800. The summed E-state index contributed by atoms with van der Waals surface area (Å²) in [5.74, 6) is -0.407. The molecule has 0 amide bonds. The van der Waals surface area contributed by atoms with Crippen LogP contribution in [0.2, 0.25) is 0 Å². The maximum Gasteiger partial charge on any atom is 0.333 e. The predicted molar refractivity (Wildman–Crippen MR) is 51.6 cm³/mol. The number of hydrogen-bond acceptors (Lipinski definition) is 5. The van der Waals surface area contributed by atoms with Gasteiger partial charge in [0.1, 0.15) is 5.60 Å². The van der Waals surface area contributed by atoms with E-state index in [2.05, 4.69) is 17.6 Å². The minimum Gasteiger partial charge on any atom is -0.458 e. The summed E-state index contributed by atoms with van der Waals surface area (Å²) < 4.78 is 4.98. The summed E-state index contributed by atoms with van der Waals surface area (Å²) in [7, 11) is 0. The van der Waals surface area contributed by atoms with E-state index < -0.39 is 17.6 Å². The van der Waals surface area contributed by atoms with E-state index in [1.54, 1.807) is 20.8 Å². The van der Waals surface area contributed by atoms with Gasteiger partial charge in [-0.15, -0.1) is 0 Å². The molecular formula is C8H13NO3S. The van der Waals surface area contributed by atoms with Crippen LogP contribution >= 0.6 is 12.6 Å². The molecule has 0 radical (unpaired) electrons. The lowest BCUT2D eigenvalue weighted by Gasteiger charge is -2.20. The first-order valence-electron chi connectivity index (χ1n) is 3.81. The molecule has 0 spiro atoms. The number of esters is 1. The molecule has 13 heavy (non-hydrogen) atoms. The number of ether oxygens (including phenoxy) is 1. The van der Waals surface area contributed by atoms with Gasteiger partial charge in [0.15, 0.2) is 6.04 Å². The molecule has 0 rings (SSSR count). The molecule has 1 unspecified atom stereocenters. The zero-order valence-corrected chi connectivity index (χ0v) is 8.80. The molecule has 0 heterocycles. The molecule has 0 aliphatic rings. The van der Waals surface area contributed by atoms with Crippen molar-refractivity contribution in [2.45, 2.75) is 32.4 Å². The number of hydrogen-bond donors (Lipinski definition) is 1. The van der Waals surface area contributed by atoms with Gasteiger partial charge in [-0.1, -0.05) is 0 Å². The van der Waals surface area contributed by atoms with E-state index in [0.29, 0.717) is 0 Å². The number of carbonyl (C=O) groups excluding carboxylic acids is 2. The largest absolute Gasteiger partial charge is 0.458 e. The van der Waals surface area contributed by atoms with Crippen LogP contribution in [-0.4, -0.2) is 29.4 Å². The molecule has 0 aromatic carbocycles. The lowest BCUT2D eigenvalue weighted by molar-refractivity contribution is -0.155. The molecule has 0 aromatic rings. The molecule has 0 aliphatic carbocycles. The summed E-state index contributed by atoms with van der Waals surface area (Å²) >= 11 is 3.87. The van der Waals surface area contributed by atoms with Gasteiger partial charge in [0.2, 0.25) is 6.08 Å². The van der Waals surface area contributed by atoms with Crippen LogP contribution in [0.5, 0.6) is 0 Å². The highest BCUT2D eigenvalue weighted by Crippen LogP contribution is 2.10. The van der Waals surface area contributed by atoms with Crippen LogP contribution in [0.15, 0.2) is 4.99 Å². The quantitative estimate of drug-likeness (QED) is 0.322. The molecule has 0 saturated carbocycles. The minimum absolute atomic E-state index is 0.143. The molecule has 74 valence electrons. The SMILES string of the molecule is CC(C)(C)OC(=O)C(CS)N=C=O. The average molecular weight is 203 g/mol. The van der Waals surface area contributed by atoms with Crippen molar-refractivity contribution in [1.29, 1.82) is 0 Å². The number of aliphatic imine (C=N–C) groups is 1. The molecule has 0 aromatic heterocycles. The van der Waals surface area contributed by atoms with Crippen molar-refractivity contribution in [3.05, 3.63) is 0 Å². The molecule has 1 atom stereocenters. The lowest BCUT2D eigenvalue weighted by atomic mass is 10.2. The normalized spacial score (nSPS) is 12.9. The first kappa shape index (κ1) is 12.2. The van der Waals surface area contributed by atoms with E-state index in [9.17, 15) is 9.59 Å². The summed E-state index contributed by atoms with van der Waals surface area (Å²) in [6, 6.07) is -0.847. The van der Waals surface area contributed by atoms with Gasteiger partial charge in [-0.2, -0.15) is 17.6 Å². The zero-order chi connectivity index (χ0) is 10.5. The summed E-state index contributed by atoms with van der Waals surface area (Å²) in [5.41, 5.74) is -0.573. The summed E-state index contributed by atoms with van der Waals surface area (Å²) in [4.78, 5) is 24.4. The third-order valence-corrected chi connectivity index (χ3v) is 1.41. The van der Waals surface area contributed by atoms with Crippen molar-refractivity contribution >= 4 is 24.7 Å². The highest BCUT2D eigenvalue weighted by Gasteiger charge is 2.23. The monoisotopic (exact) mass is 203 g/mol. The minimum atomic E-state index is -0.847. The number of thiol groups is 1. The molecular weight excluding hydrogens is 190 g/mol. The standard InChI is InChI=1S/C8H13NO3S/c1-8(2,3)12-7(11)6(4-13)9-5-10/h6,13H,4H2,1-3H3. The van der Waals surface area contributed by atoms with E-state index >= 15 is 0 Å². The van der Waals surface area contributed by atoms with Crippen LogP contribution in [0.25, 0.3) is 0 Å². The smallest absolute Gasteiger partial charge is 0.333 e. The Bertz CT molecular complexity index is 228. The van der Waals surface area contributed by atoms with Gasteiger partial charge in [0.25, 0.3) is 0 Å². The van der Waals surface area contributed by atoms with Crippen molar-refractivity contribution in [1.82, 2.24) is 0 Å². The maximum atomic E-state index is 11.2. The van der Waals surface area contributed by atoms with Gasteiger partial charge in [-0.3, -0.25) is 0 Å². The Balaban J connectivity index is 4.31. The van der Waals surface area contributed by atoms with Crippen LogP contribution in [0.1, 0.15) is 20.8 Å². The molecule has 0 bridgehead atoms. The van der Waals surface area contributed by atoms with E-state index in [1.807, 2.05) is 0 Å². The summed E-state index contributed by atoms with van der Waals surface area (Å²) in [6.07, 6.45) is 1.31. The number of rotatable bonds is 3. The Labute approximate surface area is 82.8 Å². The van der Waals surface area contributed by atoms with E-state index in [4.69, 9.17) is 4.74 Å². The van der Waals surface area contributed by atoms with Crippen molar-refractivity contribution < 1.29 is 14.3 Å². The molecule has 0 saturated heterocycles. The first-order valence-corrected chi connectivity index (χ1v) is 4.44. The van der Waals surface area contributed by atoms with Crippen molar-refractivity contribution in [3.63, 3.8) is 0 Å². The van der Waals surface area contributed by atoms with Gasteiger partial charge < -0.3 is 4.74 Å². The Kier molecular flexibility index (Phi) is 4.73. The Morgan fingerprint density at radius 2 is 2.15 bits per heavy atom. The molecule has 0 aliphatic heterocycles. The van der Waals surface area contributed by atoms with Crippen LogP contribution in [0.4, 0.5) is 0 Å². The zero-order valence-electron chi connectivity index (χ0n) is 7.90. The average Bonchev–Trinajstić information content (AvgIpc) is 1.96. The highest BCUT2D eigenvalue weighted by molar-refractivity contribution is 7.80. The van der Waals surface area contributed by atoms with Gasteiger partial charge in [-0.05, 0) is 20.8 Å². The number of nitrogens with zero attached hydrogens (tertiary/aromatic N) is 1. The maximum absolute atomic E-state index is 11.2. The molecule has 0 N–H and O–H groups in total. The highest BCUT2D eigenvalue weighted by atomic mass is 32.1. The van der Waals surface area contributed by atoms with Crippen LogP contribution in [-0.2, 0) is 14.3 Å². The fraction of sp³-hybridized carbons (Fsp3) is 0.750. The second-order valence-electron chi connectivity index (χ2n) is 3.45. The topological polar surface area (TPSA) is 55.7 Å². The van der Waals surface area contributed by atoms with Gasteiger partial charge in [-0.25, -0.2) is 9.59 Å². The third-order valence-electron chi connectivity index (χ3n) is 1.06. The Morgan fingerprint density at radius 3 is 2.46 bits per heavy atom. The van der Waals surface area contributed by atoms with E-state index in [1.165, 1.54) is 6.08 Å². The van der Waals surface area contributed by atoms with Crippen LogP contribution < -0.4 is 0 Å². The summed E-state index contributed by atoms with van der Waals surface area (Å²) in [6.45, 7) is 5.22. The van der Waals surface area contributed by atoms with Crippen molar-refractivity contribution in [2.75, 3.05) is 5.75 Å². The second-order valence-corrected chi connectivity index (χ2v) is 3.82. The fourth-order valence-electron chi connectivity index (χ4n) is 0.601. The number of isocyanates is 1. The lowest BCUT2D eigenvalue weighted by Crippen LogP contribution is -2.31. The Morgan fingerprint density at radius 1 is 1.62 bits per heavy atom. The first-order chi connectivity index (χ1) is 5.90. The molecule has 4 nitrogen and oxygen atoms in total. The van der Waals surface area contributed by atoms with Crippen molar-refractivity contribution in [2.24, 2.45) is 4.99 Å². The van der Waals surface area contributed by atoms with E-state index in [-0.39, 0.29) is 5.75 Å². The van der Waals surface area contributed by atoms with Crippen LogP contribution in [0, 0.1) is 0 Å². The third kappa shape index (κ3) is 5.44. The van der Waals surface area contributed by atoms with Gasteiger partial charge in [0, 0.05) is 5.75 Å². The molecule has 0 fully saturated rings. The van der Waals surface area contributed by atoms with Gasteiger partial charge in [0.05, 0.1) is 0 Å². The molecule has 5 heteroatoms. The fourth-order valence-corrected chi connectivity index (χ4v) is 0.832. The number of carbonyl (C=O) groups is 1.